The first-order valence-electron chi connectivity index (χ1n) is 8.88. The summed E-state index contributed by atoms with van der Waals surface area (Å²) in [5, 5.41) is 12.8. The van der Waals surface area contributed by atoms with E-state index in [-0.39, 0.29) is 6.03 Å². The van der Waals surface area contributed by atoms with Crippen molar-refractivity contribution in [3.05, 3.63) is 89.6 Å². The molecule has 2 heterocycles. The highest BCUT2D eigenvalue weighted by molar-refractivity contribution is 7.13. The molecule has 28 heavy (non-hydrogen) atoms. The van der Waals surface area contributed by atoms with Crippen LogP contribution in [-0.2, 0) is 13.1 Å². The van der Waals surface area contributed by atoms with Gasteiger partial charge in [0.25, 0.3) is 0 Å². The summed E-state index contributed by atoms with van der Waals surface area (Å²) in [5.74, 6) is 0. The number of carbonyl (C=O) groups excluding carboxylic acids is 1. The molecule has 2 amide bonds. The number of nitrogens with zero attached hydrogens (tertiary/aromatic N) is 3. The summed E-state index contributed by atoms with van der Waals surface area (Å²) in [6.07, 6.45) is 3.64. The summed E-state index contributed by atoms with van der Waals surface area (Å²) in [4.78, 5) is 16.2. The van der Waals surface area contributed by atoms with Gasteiger partial charge in [-0.3, -0.25) is 10.00 Å². The molecular formula is C21H19N5OS. The van der Waals surface area contributed by atoms with Crippen LogP contribution in [0.25, 0.3) is 11.3 Å². The second-order valence-electron chi connectivity index (χ2n) is 6.20. The van der Waals surface area contributed by atoms with Crippen LogP contribution in [0.15, 0.2) is 78.4 Å². The maximum atomic E-state index is 12.1. The highest BCUT2D eigenvalue weighted by atomic mass is 32.1. The highest BCUT2D eigenvalue weighted by Gasteiger charge is 2.13. The van der Waals surface area contributed by atoms with Gasteiger partial charge in [0.05, 0.1) is 12.2 Å². The van der Waals surface area contributed by atoms with Crippen LogP contribution in [0.5, 0.6) is 0 Å². The van der Waals surface area contributed by atoms with Crippen LogP contribution in [0, 0.1) is 0 Å². The van der Waals surface area contributed by atoms with Crippen molar-refractivity contribution >= 4 is 22.5 Å². The maximum absolute atomic E-state index is 12.1. The minimum atomic E-state index is -0.287. The summed E-state index contributed by atoms with van der Waals surface area (Å²) in [7, 11) is 0. The first-order chi connectivity index (χ1) is 13.8. The molecule has 0 saturated carbocycles. The predicted octanol–water partition coefficient (Wildman–Crippen LogP) is 4.38. The van der Waals surface area contributed by atoms with Crippen molar-refractivity contribution in [3.8, 4) is 11.3 Å². The third kappa shape index (κ3) is 4.44. The molecule has 0 fully saturated rings. The molecule has 6 nitrogen and oxygen atoms in total. The Labute approximate surface area is 166 Å². The third-order valence-electron chi connectivity index (χ3n) is 4.16. The Bertz CT molecular complexity index is 1030. The number of anilines is 1. The molecule has 4 rings (SSSR count). The predicted molar refractivity (Wildman–Crippen MR) is 111 cm³/mol. The average molecular weight is 389 g/mol. The first-order valence-corrected chi connectivity index (χ1v) is 9.76. The Morgan fingerprint density at radius 2 is 1.79 bits per heavy atom. The first kappa shape index (κ1) is 17.9. The van der Waals surface area contributed by atoms with E-state index in [4.69, 9.17) is 5.10 Å². The fraction of sp³-hybridized carbons (Fsp3) is 0.0952. The van der Waals surface area contributed by atoms with Gasteiger partial charge in [-0.1, -0.05) is 60.7 Å². The number of amides is 2. The summed E-state index contributed by atoms with van der Waals surface area (Å²) in [6, 6.07) is 19.9. The molecule has 0 radical (unpaired) electrons. The smallest absolute Gasteiger partial charge is 0.321 e. The Hall–Kier alpha value is -3.45. The van der Waals surface area contributed by atoms with Crippen LogP contribution in [0.2, 0.25) is 0 Å². The molecule has 0 unspecified atom stereocenters. The van der Waals surface area contributed by atoms with Gasteiger partial charge >= 0.3 is 6.03 Å². The molecule has 0 saturated heterocycles. The molecular weight excluding hydrogens is 370 g/mol. The monoisotopic (exact) mass is 389 g/mol. The second kappa shape index (κ2) is 8.49. The maximum Gasteiger partial charge on any atom is 0.321 e. The summed E-state index contributed by atoms with van der Waals surface area (Å²) >= 11 is 1.38. The van der Waals surface area contributed by atoms with Gasteiger partial charge in [0.15, 0.2) is 5.13 Å². The van der Waals surface area contributed by atoms with Crippen LogP contribution >= 0.6 is 11.3 Å². The SMILES string of the molecule is O=C(NCc1cn(Cc2ccccc2)nc1-c1ccccc1)Nc1nccs1. The van der Waals surface area contributed by atoms with Gasteiger partial charge < -0.3 is 5.32 Å². The van der Waals surface area contributed by atoms with Crippen molar-refractivity contribution in [1.29, 1.82) is 0 Å². The largest absolute Gasteiger partial charge is 0.334 e. The summed E-state index contributed by atoms with van der Waals surface area (Å²) < 4.78 is 1.91. The minimum absolute atomic E-state index is 0.287. The number of aromatic nitrogens is 3. The van der Waals surface area contributed by atoms with Gasteiger partial charge in [0.2, 0.25) is 0 Å². The Balaban J connectivity index is 1.53. The zero-order valence-electron chi connectivity index (χ0n) is 15.1. The van der Waals surface area contributed by atoms with E-state index in [1.807, 2.05) is 64.8 Å². The van der Waals surface area contributed by atoms with E-state index >= 15 is 0 Å². The average Bonchev–Trinajstić information content (AvgIpc) is 3.38. The number of nitrogens with one attached hydrogen (secondary N) is 2. The van der Waals surface area contributed by atoms with Crippen LogP contribution in [0.4, 0.5) is 9.93 Å². The van der Waals surface area contributed by atoms with Gasteiger partial charge in [0.1, 0.15) is 0 Å². The molecule has 0 aliphatic heterocycles. The van der Waals surface area contributed by atoms with Crippen molar-refractivity contribution in [2.75, 3.05) is 5.32 Å². The van der Waals surface area contributed by atoms with Gasteiger partial charge in [-0.25, -0.2) is 9.78 Å². The van der Waals surface area contributed by atoms with Crippen LogP contribution in [0.1, 0.15) is 11.1 Å². The van der Waals surface area contributed by atoms with Crippen LogP contribution < -0.4 is 10.6 Å². The molecule has 2 N–H and O–H groups in total. The van der Waals surface area contributed by atoms with E-state index in [2.05, 4.69) is 27.8 Å². The number of urea groups is 1. The number of hydrogen-bond donors (Lipinski definition) is 2. The Morgan fingerprint density at radius 3 is 2.50 bits per heavy atom. The Kier molecular flexibility index (Phi) is 5.44. The third-order valence-corrected chi connectivity index (χ3v) is 4.85. The lowest BCUT2D eigenvalue weighted by atomic mass is 10.1. The Morgan fingerprint density at radius 1 is 1.04 bits per heavy atom. The summed E-state index contributed by atoms with van der Waals surface area (Å²) in [6.45, 7) is 1.04. The lowest BCUT2D eigenvalue weighted by Crippen LogP contribution is -2.28. The fourth-order valence-corrected chi connectivity index (χ4v) is 3.41. The van der Waals surface area contributed by atoms with E-state index in [1.165, 1.54) is 16.9 Å². The zero-order valence-corrected chi connectivity index (χ0v) is 15.9. The lowest BCUT2D eigenvalue weighted by molar-refractivity contribution is 0.251. The van der Waals surface area contributed by atoms with Crippen molar-refractivity contribution < 1.29 is 4.79 Å². The molecule has 140 valence electrons. The van der Waals surface area contributed by atoms with Gasteiger partial charge in [-0.2, -0.15) is 5.10 Å². The fourth-order valence-electron chi connectivity index (χ4n) is 2.88. The van der Waals surface area contributed by atoms with Gasteiger partial charge in [-0.15, -0.1) is 11.3 Å². The molecule has 0 aliphatic carbocycles. The normalized spacial score (nSPS) is 10.6. The number of rotatable bonds is 6. The minimum Gasteiger partial charge on any atom is -0.334 e. The van der Waals surface area contributed by atoms with Crippen LogP contribution in [-0.4, -0.2) is 20.8 Å². The zero-order chi connectivity index (χ0) is 19.2. The van der Waals surface area contributed by atoms with E-state index in [0.29, 0.717) is 18.2 Å². The molecule has 2 aromatic heterocycles. The van der Waals surface area contributed by atoms with Crippen molar-refractivity contribution in [3.63, 3.8) is 0 Å². The van der Waals surface area contributed by atoms with Crippen molar-refractivity contribution in [2.24, 2.45) is 0 Å². The number of hydrogen-bond acceptors (Lipinski definition) is 4. The van der Waals surface area contributed by atoms with Crippen molar-refractivity contribution in [2.45, 2.75) is 13.1 Å². The molecule has 0 aliphatic rings. The molecule has 0 atom stereocenters. The number of thiazole rings is 1. The van der Waals surface area contributed by atoms with Gasteiger partial charge in [0, 0.05) is 35.4 Å². The standard InChI is InChI=1S/C21H19N5OS/c27-20(24-21-22-11-12-28-21)23-13-18-15-26(14-16-7-3-1-4-8-16)25-19(18)17-9-5-2-6-10-17/h1-12,15H,13-14H2,(H2,22,23,24,27). The van der Waals surface area contributed by atoms with Gasteiger partial charge in [-0.05, 0) is 5.56 Å². The lowest BCUT2D eigenvalue weighted by Gasteiger charge is -2.05. The van der Waals surface area contributed by atoms with E-state index in [9.17, 15) is 4.79 Å². The van der Waals surface area contributed by atoms with E-state index < -0.39 is 0 Å². The molecule has 7 heteroatoms. The molecule has 0 spiro atoms. The highest BCUT2D eigenvalue weighted by Crippen LogP contribution is 2.22. The second-order valence-corrected chi connectivity index (χ2v) is 7.09. The number of carbonyl (C=O) groups is 1. The number of benzene rings is 2. The molecule has 4 aromatic rings. The molecule has 2 aromatic carbocycles. The quantitative estimate of drug-likeness (QED) is 0.514. The van der Waals surface area contributed by atoms with E-state index in [1.54, 1.807) is 6.20 Å². The van der Waals surface area contributed by atoms with Crippen LogP contribution in [0.3, 0.4) is 0 Å². The van der Waals surface area contributed by atoms with E-state index in [0.717, 1.165) is 16.8 Å². The molecule has 0 bridgehead atoms. The summed E-state index contributed by atoms with van der Waals surface area (Å²) in [5.41, 5.74) is 4.01. The topological polar surface area (TPSA) is 71.8 Å². The van der Waals surface area contributed by atoms with Crippen molar-refractivity contribution in [1.82, 2.24) is 20.1 Å².